The summed E-state index contributed by atoms with van der Waals surface area (Å²) in [6.07, 6.45) is 4.82. The van der Waals surface area contributed by atoms with Crippen LogP contribution in [0.5, 0.6) is 0 Å². The average molecular weight is 252 g/mol. The zero-order valence-electron chi connectivity index (χ0n) is 10.8. The molecule has 1 atom stereocenters. The van der Waals surface area contributed by atoms with Gasteiger partial charge in [0.05, 0.1) is 11.9 Å². The number of rotatable bonds is 3. The topological polar surface area (TPSA) is 70.4 Å². The summed E-state index contributed by atoms with van der Waals surface area (Å²) in [6, 6.07) is 0.516. The third kappa shape index (κ3) is 2.94. The van der Waals surface area contributed by atoms with Crippen molar-refractivity contribution in [3.63, 3.8) is 0 Å². The minimum Gasteiger partial charge on any atom is -0.465 e. The molecule has 1 fully saturated rings. The highest BCUT2D eigenvalue weighted by molar-refractivity contribution is 5.65. The molecule has 1 aromatic heterocycles. The van der Waals surface area contributed by atoms with Gasteiger partial charge in [0.15, 0.2) is 0 Å². The van der Waals surface area contributed by atoms with Crippen LogP contribution in [0.15, 0.2) is 12.4 Å². The SMILES string of the molecule is CC(C)n1cc(N[C@@H]2CCCN(C(=O)O)C2)cn1. The van der Waals surface area contributed by atoms with Crippen LogP contribution < -0.4 is 5.32 Å². The van der Waals surface area contributed by atoms with Gasteiger partial charge in [0.1, 0.15) is 0 Å². The fourth-order valence-electron chi connectivity index (χ4n) is 2.20. The van der Waals surface area contributed by atoms with Crippen molar-refractivity contribution >= 4 is 11.8 Å². The molecule has 2 heterocycles. The first kappa shape index (κ1) is 12.7. The predicted molar refractivity (Wildman–Crippen MR) is 68.9 cm³/mol. The van der Waals surface area contributed by atoms with Gasteiger partial charge in [-0.15, -0.1) is 0 Å². The highest BCUT2D eigenvalue weighted by Gasteiger charge is 2.23. The van der Waals surface area contributed by atoms with Gasteiger partial charge in [0, 0.05) is 31.4 Å². The number of likely N-dealkylation sites (tertiary alicyclic amines) is 1. The molecule has 0 spiro atoms. The second-order valence-electron chi connectivity index (χ2n) is 5.01. The molecular weight excluding hydrogens is 232 g/mol. The minimum absolute atomic E-state index is 0.180. The van der Waals surface area contributed by atoms with Crippen molar-refractivity contribution in [2.24, 2.45) is 0 Å². The summed E-state index contributed by atoms with van der Waals surface area (Å²) in [5, 5.41) is 16.6. The van der Waals surface area contributed by atoms with Crippen LogP contribution in [0, 0.1) is 0 Å². The van der Waals surface area contributed by atoms with E-state index in [-0.39, 0.29) is 6.04 Å². The quantitative estimate of drug-likeness (QED) is 0.863. The van der Waals surface area contributed by atoms with Crippen LogP contribution in [0.25, 0.3) is 0 Å². The fraction of sp³-hybridized carbons (Fsp3) is 0.667. The molecule has 1 saturated heterocycles. The lowest BCUT2D eigenvalue weighted by atomic mass is 10.1. The molecule has 6 heteroatoms. The first-order valence-electron chi connectivity index (χ1n) is 6.35. The van der Waals surface area contributed by atoms with Gasteiger partial charge in [0.2, 0.25) is 0 Å². The Kier molecular flexibility index (Phi) is 3.74. The monoisotopic (exact) mass is 252 g/mol. The van der Waals surface area contributed by atoms with Crippen molar-refractivity contribution in [2.45, 2.75) is 38.8 Å². The van der Waals surface area contributed by atoms with Gasteiger partial charge in [-0.3, -0.25) is 4.68 Å². The maximum Gasteiger partial charge on any atom is 0.407 e. The number of nitrogens with zero attached hydrogens (tertiary/aromatic N) is 3. The lowest BCUT2D eigenvalue weighted by Crippen LogP contribution is -2.44. The fourth-order valence-corrected chi connectivity index (χ4v) is 2.20. The Morgan fingerprint density at radius 1 is 1.61 bits per heavy atom. The number of anilines is 1. The largest absolute Gasteiger partial charge is 0.465 e. The van der Waals surface area contributed by atoms with E-state index in [0.29, 0.717) is 19.1 Å². The summed E-state index contributed by atoms with van der Waals surface area (Å²) in [5.74, 6) is 0. The molecule has 18 heavy (non-hydrogen) atoms. The van der Waals surface area contributed by atoms with Gasteiger partial charge in [-0.25, -0.2) is 4.79 Å². The summed E-state index contributed by atoms with van der Waals surface area (Å²) in [5.41, 5.74) is 0.959. The Labute approximate surface area is 107 Å². The molecule has 1 aliphatic rings. The normalized spacial score (nSPS) is 20.2. The molecule has 0 saturated carbocycles. The number of hydrogen-bond acceptors (Lipinski definition) is 3. The second kappa shape index (κ2) is 5.29. The van der Waals surface area contributed by atoms with Gasteiger partial charge in [-0.1, -0.05) is 0 Å². The van der Waals surface area contributed by atoms with Gasteiger partial charge in [-0.05, 0) is 26.7 Å². The molecule has 0 aromatic carbocycles. The van der Waals surface area contributed by atoms with Crippen molar-refractivity contribution in [3.05, 3.63) is 12.4 Å². The molecule has 2 rings (SSSR count). The number of aromatic nitrogens is 2. The molecule has 1 amide bonds. The van der Waals surface area contributed by atoms with Gasteiger partial charge in [0.25, 0.3) is 0 Å². The number of amides is 1. The van der Waals surface area contributed by atoms with Gasteiger partial charge >= 0.3 is 6.09 Å². The van der Waals surface area contributed by atoms with Crippen LogP contribution in [0.1, 0.15) is 32.7 Å². The average Bonchev–Trinajstić information content (AvgIpc) is 2.78. The highest BCUT2D eigenvalue weighted by atomic mass is 16.4. The van der Waals surface area contributed by atoms with E-state index in [1.807, 2.05) is 10.9 Å². The van der Waals surface area contributed by atoms with E-state index in [1.54, 1.807) is 6.20 Å². The lowest BCUT2D eigenvalue weighted by molar-refractivity contribution is 0.133. The lowest BCUT2D eigenvalue weighted by Gasteiger charge is -2.31. The molecule has 6 nitrogen and oxygen atoms in total. The molecule has 1 aliphatic heterocycles. The first-order chi connectivity index (χ1) is 8.56. The molecule has 0 radical (unpaired) electrons. The van der Waals surface area contributed by atoms with Crippen LogP contribution >= 0.6 is 0 Å². The Morgan fingerprint density at radius 3 is 3.00 bits per heavy atom. The van der Waals surface area contributed by atoms with Crippen LogP contribution in [0.2, 0.25) is 0 Å². The maximum atomic E-state index is 10.9. The number of nitrogens with one attached hydrogen (secondary N) is 1. The summed E-state index contributed by atoms with van der Waals surface area (Å²) in [6.45, 7) is 5.33. The van der Waals surface area contributed by atoms with Crippen molar-refractivity contribution < 1.29 is 9.90 Å². The Hall–Kier alpha value is -1.72. The first-order valence-corrected chi connectivity index (χ1v) is 6.35. The van der Waals surface area contributed by atoms with E-state index in [1.165, 1.54) is 4.90 Å². The Morgan fingerprint density at radius 2 is 2.39 bits per heavy atom. The van der Waals surface area contributed by atoms with E-state index in [2.05, 4.69) is 24.3 Å². The maximum absolute atomic E-state index is 10.9. The van der Waals surface area contributed by atoms with Crippen molar-refractivity contribution in [3.8, 4) is 0 Å². The van der Waals surface area contributed by atoms with E-state index < -0.39 is 6.09 Å². The van der Waals surface area contributed by atoms with Crippen LogP contribution in [0.4, 0.5) is 10.5 Å². The molecule has 0 unspecified atom stereocenters. The van der Waals surface area contributed by atoms with E-state index in [9.17, 15) is 4.79 Å². The number of piperidine rings is 1. The Balaban J connectivity index is 1.94. The van der Waals surface area contributed by atoms with E-state index in [0.717, 1.165) is 18.5 Å². The van der Waals surface area contributed by atoms with E-state index >= 15 is 0 Å². The Bertz CT molecular complexity index is 416. The summed E-state index contributed by atoms with van der Waals surface area (Å²) < 4.78 is 1.89. The minimum atomic E-state index is -0.834. The van der Waals surface area contributed by atoms with E-state index in [4.69, 9.17) is 5.11 Å². The van der Waals surface area contributed by atoms with Crippen LogP contribution in [0.3, 0.4) is 0 Å². The molecule has 0 aliphatic carbocycles. The number of hydrogen-bond donors (Lipinski definition) is 2. The van der Waals surface area contributed by atoms with Crippen molar-refractivity contribution in [1.29, 1.82) is 0 Å². The number of carboxylic acid groups (broad SMARTS) is 1. The van der Waals surface area contributed by atoms with Crippen molar-refractivity contribution in [2.75, 3.05) is 18.4 Å². The van der Waals surface area contributed by atoms with Gasteiger partial charge in [-0.2, -0.15) is 5.10 Å². The summed E-state index contributed by atoms with van der Waals surface area (Å²) in [4.78, 5) is 12.4. The smallest absolute Gasteiger partial charge is 0.407 e. The highest BCUT2D eigenvalue weighted by Crippen LogP contribution is 2.17. The third-order valence-electron chi connectivity index (χ3n) is 3.19. The van der Waals surface area contributed by atoms with Crippen molar-refractivity contribution in [1.82, 2.24) is 14.7 Å². The molecule has 100 valence electrons. The molecule has 2 N–H and O–H groups in total. The summed E-state index contributed by atoms with van der Waals surface area (Å²) >= 11 is 0. The standard InChI is InChI=1S/C12H20N4O2/c1-9(2)16-8-11(6-13-16)14-10-4-3-5-15(7-10)12(17)18/h6,8-10,14H,3-5,7H2,1-2H3,(H,17,18)/t10-/m1/s1. The van der Waals surface area contributed by atoms with Gasteiger partial charge < -0.3 is 15.3 Å². The van der Waals surface area contributed by atoms with Crippen LogP contribution in [-0.4, -0.2) is 45.0 Å². The predicted octanol–water partition coefficient (Wildman–Crippen LogP) is 2.02. The molecule has 0 bridgehead atoms. The molecule has 1 aromatic rings. The summed E-state index contributed by atoms with van der Waals surface area (Å²) in [7, 11) is 0. The number of carbonyl (C=O) groups is 1. The third-order valence-corrected chi connectivity index (χ3v) is 3.19. The zero-order valence-corrected chi connectivity index (χ0v) is 10.8. The van der Waals surface area contributed by atoms with Crippen LogP contribution in [-0.2, 0) is 0 Å². The molecular formula is C12H20N4O2. The second-order valence-corrected chi connectivity index (χ2v) is 5.01. The zero-order chi connectivity index (χ0) is 13.1.